The number of nitrogens with two attached hydrogens (primary N) is 1. The van der Waals surface area contributed by atoms with E-state index in [2.05, 4.69) is 48.5 Å². The van der Waals surface area contributed by atoms with Gasteiger partial charge in [0.2, 0.25) is 0 Å². The Balaban J connectivity index is 1.98. The molecule has 0 amide bonds. The van der Waals surface area contributed by atoms with Crippen LogP contribution >= 0.6 is 0 Å². The third kappa shape index (κ3) is 2.94. The zero-order valence-electron chi connectivity index (χ0n) is 12.9. The van der Waals surface area contributed by atoms with E-state index in [9.17, 15) is 0 Å². The lowest BCUT2D eigenvalue weighted by molar-refractivity contribution is 0.177. The lowest BCUT2D eigenvalue weighted by Gasteiger charge is -2.36. The second-order valence-electron chi connectivity index (χ2n) is 6.74. The first-order valence-corrected chi connectivity index (χ1v) is 7.98. The van der Waals surface area contributed by atoms with Gasteiger partial charge in [0, 0.05) is 17.6 Å². The van der Waals surface area contributed by atoms with E-state index in [1.165, 1.54) is 30.2 Å². The molecule has 1 aliphatic carbocycles. The number of nitrogens with zero attached hydrogens (tertiary/aromatic N) is 1. The monoisotopic (exact) mass is 283 g/mol. The van der Waals surface area contributed by atoms with Crippen molar-refractivity contribution in [2.75, 3.05) is 0 Å². The summed E-state index contributed by atoms with van der Waals surface area (Å²) in [5.41, 5.74) is 5.43. The van der Waals surface area contributed by atoms with E-state index in [-0.39, 0.29) is 6.04 Å². The molecular weight excluding hydrogens is 258 g/mol. The lowest BCUT2D eigenvalue weighted by Crippen LogP contribution is -2.37. The van der Waals surface area contributed by atoms with Gasteiger partial charge in [0.15, 0.2) is 0 Å². The minimum absolute atomic E-state index is 0.211. The molecule has 0 bridgehead atoms. The summed E-state index contributed by atoms with van der Waals surface area (Å²) < 4.78 is 0. The van der Waals surface area contributed by atoms with Crippen molar-refractivity contribution in [3.05, 3.63) is 42.1 Å². The molecule has 3 atom stereocenters. The highest BCUT2D eigenvalue weighted by atomic mass is 15.2. The van der Waals surface area contributed by atoms with Gasteiger partial charge in [-0.1, -0.05) is 32.0 Å². The Morgan fingerprint density at radius 1 is 1.10 bits per heavy atom. The molecule has 3 heteroatoms. The number of benzene rings is 1. The molecule has 0 aliphatic heterocycles. The highest BCUT2D eigenvalue weighted by Gasteiger charge is 2.31. The largest absolute Gasteiger partial charge is 0.271 e. The van der Waals surface area contributed by atoms with Gasteiger partial charge in [0.05, 0.1) is 5.52 Å². The van der Waals surface area contributed by atoms with Crippen molar-refractivity contribution >= 4 is 10.9 Å². The van der Waals surface area contributed by atoms with E-state index in [4.69, 9.17) is 5.84 Å². The van der Waals surface area contributed by atoms with E-state index in [0.717, 1.165) is 17.4 Å². The predicted molar refractivity (Wildman–Crippen MR) is 87.5 cm³/mol. The first-order chi connectivity index (χ1) is 10.2. The van der Waals surface area contributed by atoms with Crippen molar-refractivity contribution in [1.29, 1.82) is 0 Å². The number of nitrogens with one attached hydrogen (secondary N) is 1. The van der Waals surface area contributed by atoms with Crippen molar-refractivity contribution in [3.63, 3.8) is 0 Å². The van der Waals surface area contributed by atoms with Crippen LogP contribution in [0.3, 0.4) is 0 Å². The molecule has 0 radical (unpaired) electrons. The fourth-order valence-electron chi connectivity index (χ4n) is 4.16. The fourth-order valence-corrected chi connectivity index (χ4v) is 4.16. The van der Waals surface area contributed by atoms with E-state index < -0.39 is 0 Å². The number of aromatic nitrogens is 1. The van der Waals surface area contributed by atoms with Crippen molar-refractivity contribution in [2.45, 2.75) is 39.2 Å². The van der Waals surface area contributed by atoms with E-state index >= 15 is 0 Å². The summed E-state index contributed by atoms with van der Waals surface area (Å²) in [4.78, 5) is 4.46. The van der Waals surface area contributed by atoms with Crippen LogP contribution in [0.1, 0.15) is 44.7 Å². The molecule has 3 rings (SSSR count). The number of fused-ring (bicyclic) bond motifs is 1. The summed E-state index contributed by atoms with van der Waals surface area (Å²) in [5.74, 6) is 8.10. The third-order valence-corrected chi connectivity index (χ3v) is 4.88. The Kier molecular flexibility index (Phi) is 4.22. The zero-order valence-corrected chi connectivity index (χ0v) is 12.9. The molecular formula is C18H25N3. The average molecular weight is 283 g/mol. The molecule has 1 aromatic heterocycles. The molecule has 3 N–H and O–H groups in total. The molecule has 0 spiro atoms. The van der Waals surface area contributed by atoms with Crippen LogP contribution in [-0.2, 0) is 0 Å². The Morgan fingerprint density at radius 3 is 2.57 bits per heavy atom. The fraction of sp³-hybridized carbons (Fsp3) is 0.500. The van der Waals surface area contributed by atoms with Gasteiger partial charge in [-0.05, 0) is 54.7 Å². The second kappa shape index (κ2) is 6.12. The van der Waals surface area contributed by atoms with Crippen LogP contribution in [0.2, 0.25) is 0 Å². The standard InChI is InChI=1S/C18H25N3/c1-12-9-13(2)11-14(10-12)18(21-19)16-5-3-7-17-15(16)6-4-8-20-17/h3-8,12-14,18,21H,9-11,19H2,1-2H3. The Labute approximate surface area is 126 Å². The van der Waals surface area contributed by atoms with Crippen LogP contribution in [-0.4, -0.2) is 4.98 Å². The summed E-state index contributed by atoms with van der Waals surface area (Å²) in [5, 5.41) is 1.22. The van der Waals surface area contributed by atoms with Gasteiger partial charge in [-0.25, -0.2) is 0 Å². The smallest absolute Gasteiger partial charge is 0.0705 e. The molecule has 1 fully saturated rings. The average Bonchev–Trinajstić information content (AvgIpc) is 2.47. The lowest BCUT2D eigenvalue weighted by atomic mass is 9.72. The van der Waals surface area contributed by atoms with Crippen molar-refractivity contribution in [2.24, 2.45) is 23.6 Å². The maximum Gasteiger partial charge on any atom is 0.0705 e. The molecule has 3 nitrogen and oxygen atoms in total. The van der Waals surface area contributed by atoms with Crippen LogP contribution in [0.15, 0.2) is 36.5 Å². The normalized spacial score (nSPS) is 27.7. The van der Waals surface area contributed by atoms with Gasteiger partial charge in [-0.3, -0.25) is 16.3 Å². The van der Waals surface area contributed by atoms with Crippen molar-refractivity contribution in [3.8, 4) is 0 Å². The topological polar surface area (TPSA) is 50.9 Å². The Bertz CT molecular complexity index is 595. The van der Waals surface area contributed by atoms with Crippen LogP contribution < -0.4 is 11.3 Å². The van der Waals surface area contributed by atoms with Crippen LogP contribution in [0.4, 0.5) is 0 Å². The summed E-state index contributed by atoms with van der Waals surface area (Å²) in [6, 6.07) is 10.7. The Hall–Kier alpha value is -1.45. The molecule has 2 aromatic rings. The van der Waals surface area contributed by atoms with E-state index in [0.29, 0.717) is 5.92 Å². The van der Waals surface area contributed by atoms with Crippen LogP contribution in [0.25, 0.3) is 10.9 Å². The van der Waals surface area contributed by atoms with Gasteiger partial charge in [0.25, 0.3) is 0 Å². The molecule has 21 heavy (non-hydrogen) atoms. The number of pyridine rings is 1. The van der Waals surface area contributed by atoms with Gasteiger partial charge < -0.3 is 0 Å². The second-order valence-corrected chi connectivity index (χ2v) is 6.74. The maximum atomic E-state index is 5.95. The number of hydrogen-bond acceptors (Lipinski definition) is 3. The molecule has 1 aliphatic rings. The van der Waals surface area contributed by atoms with Gasteiger partial charge in [-0.2, -0.15) is 0 Å². The first-order valence-electron chi connectivity index (χ1n) is 7.98. The van der Waals surface area contributed by atoms with Crippen molar-refractivity contribution < 1.29 is 0 Å². The summed E-state index contributed by atoms with van der Waals surface area (Å²) in [6.07, 6.45) is 5.68. The molecule has 112 valence electrons. The summed E-state index contributed by atoms with van der Waals surface area (Å²) in [7, 11) is 0. The quantitative estimate of drug-likeness (QED) is 0.665. The Morgan fingerprint density at radius 2 is 1.86 bits per heavy atom. The van der Waals surface area contributed by atoms with E-state index in [1.807, 2.05) is 12.3 Å². The number of hydrazine groups is 1. The van der Waals surface area contributed by atoms with E-state index in [1.54, 1.807) is 0 Å². The molecule has 3 unspecified atom stereocenters. The molecule has 0 saturated heterocycles. The minimum atomic E-state index is 0.211. The minimum Gasteiger partial charge on any atom is -0.271 e. The highest BCUT2D eigenvalue weighted by Crippen LogP contribution is 2.40. The highest BCUT2D eigenvalue weighted by molar-refractivity contribution is 5.82. The first kappa shape index (κ1) is 14.5. The molecule has 1 aromatic carbocycles. The summed E-state index contributed by atoms with van der Waals surface area (Å²) >= 11 is 0. The van der Waals surface area contributed by atoms with Crippen LogP contribution in [0.5, 0.6) is 0 Å². The zero-order chi connectivity index (χ0) is 14.8. The molecule has 1 saturated carbocycles. The van der Waals surface area contributed by atoms with Crippen LogP contribution in [0, 0.1) is 17.8 Å². The van der Waals surface area contributed by atoms with Gasteiger partial charge in [-0.15, -0.1) is 0 Å². The number of rotatable bonds is 3. The van der Waals surface area contributed by atoms with Gasteiger partial charge in [0.1, 0.15) is 0 Å². The SMILES string of the molecule is CC1CC(C)CC(C(NN)c2cccc3ncccc23)C1. The summed E-state index contributed by atoms with van der Waals surface area (Å²) in [6.45, 7) is 4.72. The van der Waals surface area contributed by atoms with Crippen molar-refractivity contribution in [1.82, 2.24) is 10.4 Å². The maximum absolute atomic E-state index is 5.95. The molecule has 1 heterocycles. The predicted octanol–water partition coefficient (Wildman–Crippen LogP) is 3.81. The van der Waals surface area contributed by atoms with Gasteiger partial charge >= 0.3 is 0 Å². The number of hydrogen-bond donors (Lipinski definition) is 2. The third-order valence-electron chi connectivity index (χ3n) is 4.88.